The molecule has 0 aliphatic rings. The summed E-state index contributed by atoms with van der Waals surface area (Å²) >= 11 is 0. The molecule has 0 heterocycles. The van der Waals surface area contributed by atoms with Crippen molar-refractivity contribution in [3.63, 3.8) is 0 Å². The van der Waals surface area contributed by atoms with E-state index in [2.05, 4.69) is 19.2 Å². The molecule has 0 aromatic carbocycles. The van der Waals surface area contributed by atoms with Crippen LogP contribution in [0, 0.1) is 0 Å². The van der Waals surface area contributed by atoms with E-state index in [1.807, 2.05) is 0 Å². The molecule has 0 saturated heterocycles. The van der Waals surface area contributed by atoms with Gasteiger partial charge in [-0.1, -0.05) is 219 Å². The van der Waals surface area contributed by atoms with Crippen LogP contribution in [-0.4, -0.2) is 38.2 Å². The number of unbranched alkanes of at least 4 members (excludes halogenated alkanes) is 32. The lowest BCUT2D eigenvalue weighted by Gasteiger charge is -2.08. The molecule has 0 unspecified atom stereocenters. The van der Waals surface area contributed by atoms with Crippen molar-refractivity contribution in [1.29, 1.82) is 0 Å². The summed E-state index contributed by atoms with van der Waals surface area (Å²) in [5.41, 5.74) is 0. The highest BCUT2D eigenvalue weighted by Crippen LogP contribution is 2.16. The Morgan fingerprint density at radius 2 is 0.531 bits per heavy atom. The highest BCUT2D eigenvalue weighted by atomic mass is 16.5. The van der Waals surface area contributed by atoms with Gasteiger partial charge in [-0.2, -0.15) is 0 Å². The van der Waals surface area contributed by atoms with Crippen LogP contribution in [0.15, 0.2) is 0 Å². The Morgan fingerprint density at radius 1 is 0.327 bits per heavy atom. The van der Waals surface area contributed by atoms with Crippen LogP contribution in [0.2, 0.25) is 0 Å². The largest absolute Gasteiger partial charge is 0.464 e. The molecule has 0 bridgehead atoms. The second-order valence-corrected chi connectivity index (χ2v) is 15.0. The monoisotopic (exact) mass is 694 g/mol. The van der Waals surface area contributed by atoms with E-state index in [-0.39, 0.29) is 11.9 Å². The summed E-state index contributed by atoms with van der Waals surface area (Å²) in [5, 5.41) is 3.19. The summed E-state index contributed by atoms with van der Waals surface area (Å²) in [6.07, 6.45) is 46.7. The molecule has 0 fully saturated rings. The van der Waals surface area contributed by atoms with Crippen molar-refractivity contribution in [2.24, 2.45) is 0 Å². The van der Waals surface area contributed by atoms with Crippen molar-refractivity contribution < 1.29 is 19.1 Å². The zero-order valence-corrected chi connectivity index (χ0v) is 33.4. The fourth-order valence-electron chi connectivity index (χ4n) is 6.73. The van der Waals surface area contributed by atoms with Gasteiger partial charge in [0.2, 0.25) is 0 Å². The van der Waals surface area contributed by atoms with Crippen LogP contribution in [0.5, 0.6) is 0 Å². The minimum Gasteiger partial charge on any atom is -0.464 e. The van der Waals surface area contributed by atoms with E-state index < -0.39 is 0 Å². The third kappa shape index (κ3) is 43.0. The molecule has 5 heteroatoms. The molecule has 0 aliphatic carbocycles. The second kappa shape index (κ2) is 43.1. The molecule has 0 radical (unpaired) electrons. The van der Waals surface area contributed by atoms with Gasteiger partial charge < -0.3 is 14.8 Å². The van der Waals surface area contributed by atoms with Crippen LogP contribution in [0.1, 0.15) is 245 Å². The van der Waals surface area contributed by atoms with Gasteiger partial charge in [-0.05, 0) is 12.8 Å². The van der Waals surface area contributed by atoms with Gasteiger partial charge >= 0.3 is 11.9 Å². The maximum Gasteiger partial charge on any atom is 0.305 e. The molecule has 0 aromatic heterocycles. The van der Waals surface area contributed by atoms with E-state index in [9.17, 15) is 9.59 Å². The normalized spacial score (nSPS) is 11.3. The standard InChI is InChI=1S/C44H87NO4/c1-3-5-7-9-11-13-15-17-19-21-23-25-27-29-31-33-35-37-43(46)48-41-39-45-40-42-49-44(47)38-36-34-32-30-28-26-24-22-20-18-16-14-12-10-8-6-4-2/h45H,3-42H2,1-2H3. The van der Waals surface area contributed by atoms with E-state index in [1.165, 1.54) is 193 Å². The van der Waals surface area contributed by atoms with Crippen molar-refractivity contribution in [2.75, 3.05) is 26.3 Å². The molecule has 5 nitrogen and oxygen atoms in total. The molecule has 0 spiro atoms. The zero-order valence-electron chi connectivity index (χ0n) is 33.4. The highest BCUT2D eigenvalue weighted by Gasteiger charge is 2.04. The first-order valence-corrected chi connectivity index (χ1v) is 22.2. The minimum absolute atomic E-state index is 0.0942. The predicted octanol–water partition coefficient (Wildman–Crippen LogP) is 13.7. The van der Waals surface area contributed by atoms with E-state index in [0.29, 0.717) is 39.1 Å². The van der Waals surface area contributed by atoms with Gasteiger partial charge in [-0.3, -0.25) is 9.59 Å². The predicted molar refractivity (Wildman–Crippen MR) is 212 cm³/mol. The van der Waals surface area contributed by atoms with Gasteiger partial charge in [0.1, 0.15) is 13.2 Å². The topological polar surface area (TPSA) is 64.6 Å². The molecular formula is C44H87NO4. The van der Waals surface area contributed by atoms with E-state index in [4.69, 9.17) is 9.47 Å². The number of hydrogen-bond donors (Lipinski definition) is 1. The molecule has 0 saturated carbocycles. The van der Waals surface area contributed by atoms with Crippen LogP contribution in [-0.2, 0) is 19.1 Å². The van der Waals surface area contributed by atoms with Gasteiger partial charge in [0.25, 0.3) is 0 Å². The smallest absolute Gasteiger partial charge is 0.305 e. The lowest BCUT2D eigenvalue weighted by Crippen LogP contribution is -2.26. The fourth-order valence-corrected chi connectivity index (χ4v) is 6.73. The quantitative estimate of drug-likeness (QED) is 0.0509. The molecule has 1 N–H and O–H groups in total. The lowest BCUT2D eigenvalue weighted by molar-refractivity contribution is -0.143. The molecule has 0 aromatic rings. The van der Waals surface area contributed by atoms with Crippen molar-refractivity contribution >= 4 is 11.9 Å². The number of nitrogens with one attached hydrogen (secondary N) is 1. The SMILES string of the molecule is CCCCCCCCCCCCCCCCCCCC(=O)OCCNCCOC(=O)CCCCCCCCCCCCCCCCCCC. The summed E-state index contributed by atoms with van der Waals surface area (Å²) in [5.74, 6) is -0.188. The number of carbonyl (C=O) groups excluding carboxylic acids is 2. The summed E-state index contributed by atoms with van der Waals surface area (Å²) in [6, 6.07) is 0. The number of ether oxygens (including phenoxy) is 2. The fraction of sp³-hybridized carbons (Fsp3) is 0.955. The van der Waals surface area contributed by atoms with Crippen LogP contribution >= 0.6 is 0 Å². The van der Waals surface area contributed by atoms with E-state index in [0.717, 1.165) is 25.7 Å². The molecule has 292 valence electrons. The third-order valence-corrected chi connectivity index (χ3v) is 10.1. The molecule has 0 amide bonds. The minimum atomic E-state index is -0.0942. The Hall–Kier alpha value is -1.10. The number of hydrogen-bond acceptors (Lipinski definition) is 5. The Morgan fingerprint density at radius 3 is 0.755 bits per heavy atom. The molecule has 0 aliphatic heterocycles. The van der Waals surface area contributed by atoms with Crippen molar-refractivity contribution in [2.45, 2.75) is 245 Å². The lowest BCUT2D eigenvalue weighted by atomic mass is 10.0. The van der Waals surface area contributed by atoms with Crippen LogP contribution in [0.3, 0.4) is 0 Å². The average Bonchev–Trinajstić information content (AvgIpc) is 3.10. The molecule has 49 heavy (non-hydrogen) atoms. The van der Waals surface area contributed by atoms with Crippen molar-refractivity contribution in [3.05, 3.63) is 0 Å². The third-order valence-electron chi connectivity index (χ3n) is 10.1. The highest BCUT2D eigenvalue weighted by molar-refractivity contribution is 5.69. The maximum absolute atomic E-state index is 12.0. The number of esters is 2. The first-order valence-electron chi connectivity index (χ1n) is 22.2. The zero-order chi connectivity index (χ0) is 35.6. The van der Waals surface area contributed by atoms with Crippen LogP contribution in [0.25, 0.3) is 0 Å². The van der Waals surface area contributed by atoms with E-state index >= 15 is 0 Å². The van der Waals surface area contributed by atoms with Gasteiger partial charge in [0, 0.05) is 25.9 Å². The van der Waals surface area contributed by atoms with Crippen LogP contribution < -0.4 is 5.32 Å². The summed E-state index contributed by atoms with van der Waals surface area (Å²) < 4.78 is 10.7. The second-order valence-electron chi connectivity index (χ2n) is 15.0. The Labute approximate surface area is 307 Å². The Bertz CT molecular complexity index is 601. The van der Waals surface area contributed by atoms with Gasteiger partial charge in [-0.15, -0.1) is 0 Å². The Kier molecular flexibility index (Phi) is 42.1. The van der Waals surface area contributed by atoms with Gasteiger partial charge in [0.05, 0.1) is 0 Å². The average molecular weight is 694 g/mol. The Balaban J connectivity index is 3.24. The summed E-state index contributed by atoms with van der Waals surface area (Å²) in [4.78, 5) is 23.9. The van der Waals surface area contributed by atoms with Gasteiger partial charge in [-0.25, -0.2) is 0 Å². The number of rotatable bonds is 42. The van der Waals surface area contributed by atoms with Crippen molar-refractivity contribution in [1.82, 2.24) is 5.32 Å². The maximum atomic E-state index is 12.0. The molecule has 0 atom stereocenters. The van der Waals surface area contributed by atoms with Gasteiger partial charge in [0.15, 0.2) is 0 Å². The number of carbonyl (C=O) groups is 2. The van der Waals surface area contributed by atoms with E-state index in [1.54, 1.807) is 0 Å². The first kappa shape index (κ1) is 47.9. The molecular weight excluding hydrogens is 606 g/mol. The summed E-state index contributed by atoms with van der Waals surface area (Å²) in [7, 11) is 0. The first-order chi connectivity index (χ1) is 24.2. The molecule has 0 rings (SSSR count). The summed E-state index contributed by atoms with van der Waals surface area (Å²) in [6.45, 7) is 6.53. The van der Waals surface area contributed by atoms with Crippen molar-refractivity contribution in [3.8, 4) is 0 Å². The van der Waals surface area contributed by atoms with Crippen LogP contribution in [0.4, 0.5) is 0 Å².